The topological polar surface area (TPSA) is 45.7 Å². The van der Waals surface area contributed by atoms with Crippen LogP contribution in [0.5, 0.6) is 0 Å². The predicted molar refractivity (Wildman–Crippen MR) is 94.7 cm³/mol. The summed E-state index contributed by atoms with van der Waals surface area (Å²) in [5.74, 6) is 1.50. The number of fused-ring (bicyclic) bond motifs is 1. The second-order valence-electron chi connectivity index (χ2n) is 7.54. The molecule has 2 aliphatic rings. The van der Waals surface area contributed by atoms with Gasteiger partial charge >= 0.3 is 0 Å². The van der Waals surface area contributed by atoms with Crippen molar-refractivity contribution in [2.45, 2.75) is 52.8 Å². The average molecular weight is 315 g/mol. The van der Waals surface area contributed by atoms with Crippen molar-refractivity contribution < 1.29 is 4.74 Å². The Kier molecular flexibility index (Phi) is 4.37. The average Bonchev–Trinajstić information content (AvgIpc) is 2.96. The highest BCUT2D eigenvalue weighted by Crippen LogP contribution is 2.52. The van der Waals surface area contributed by atoms with Gasteiger partial charge in [-0.1, -0.05) is 37.6 Å². The van der Waals surface area contributed by atoms with E-state index in [-0.39, 0.29) is 5.41 Å². The molecule has 4 heteroatoms. The van der Waals surface area contributed by atoms with Crippen LogP contribution < -0.4 is 10.6 Å². The Morgan fingerprint density at radius 2 is 2.13 bits per heavy atom. The summed E-state index contributed by atoms with van der Waals surface area (Å²) in [7, 11) is 1.84. The maximum atomic E-state index is 5.87. The van der Waals surface area contributed by atoms with Crippen LogP contribution in [-0.2, 0) is 11.3 Å². The zero-order valence-corrected chi connectivity index (χ0v) is 14.9. The van der Waals surface area contributed by atoms with Crippen molar-refractivity contribution in [2.75, 3.05) is 13.7 Å². The van der Waals surface area contributed by atoms with Crippen LogP contribution in [0, 0.1) is 25.2 Å². The van der Waals surface area contributed by atoms with Crippen LogP contribution in [0.1, 0.15) is 37.0 Å². The monoisotopic (exact) mass is 315 g/mol. The highest BCUT2D eigenvalue weighted by molar-refractivity contribution is 5.80. The van der Waals surface area contributed by atoms with Crippen LogP contribution in [0.25, 0.3) is 0 Å². The molecule has 2 fully saturated rings. The smallest absolute Gasteiger partial charge is 0.191 e. The predicted octanol–water partition coefficient (Wildman–Crippen LogP) is 2.78. The molecule has 3 unspecified atom stereocenters. The van der Waals surface area contributed by atoms with E-state index in [1.165, 1.54) is 16.7 Å². The van der Waals surface area contributed by atoms with E-state index < -0.39 is 0 Å². The Hall–Kier alpha value is -1.55. The zero-order chi connectivity index (χ0) is 16.6. The lowest BCUT2D eigenvalue weighted by molar-refractivity contribution is -0.106. The molecule has 0 bridgehead atoms. The number of benzene rings is 1. The Morgan fingerprint density at radius 1 is 1.35 bits per heavy atom. The third kappa shape index (κ3) is 2.97. The summed E-state index contributed by atoms with van der Waals surface area (Å²) in [6, 6.07) is 7.01. The quantitative estimate of drug-likeness (QED) is 0.666. The number of nitrogens with zero attached hydrogens (tertiary/aromatic N) is 1. The maximum absolute atomic E-state index is 5.87. The van der Waals surface area contributed by atoms with Crippen molar-refractivity contribution in [2.24, 2.45) is 16.3 Å². The summed E-state index contributed by atoms with van der Waals surface area (Å²) < 4.78 is 5.87. The normalized spacial score (nSPS) is 28.9. The highest BCUT2D eigenvalue weighted by atomic mass is 16.5. The molecule has 1 aliphatic carbocycles. The first-order valence-corrected chi connectivity index (χ1v) is 8.58. The Bertz CT molecular complexity index is 609. The van der Waals surface area contributed by atoms with Crippen LogP contribution in [0.3, 0.4) is 0 Å². The standard InChI is InChI=1S/C19H29N3O/c1-12-6-7-14(13(2)10-12)11-21-18(20-5)22-16-15-8-9-23-17(15)19(16,3)4/h6-7,10,15-17H,8-9,11H2,1-5H3,(H2,20,21,22). The SMILES string of the molecule is CN=C(NCc1ccc(C)cc1C)NC1C2CCOC2C1(C)C. The number of guanidine groups is 1. The Labute approximate surface area is 139 Å². The second kappa shape index (κ2) is 6.16. The lowest BCUT2D eigenvalue weighted by atomic mass is 9.57. The molecule has 0 radical (unpaired) electrons. The molecule has 1 aromatic rings. The summed E-state index contributed by atoms with van der Waals surface area (Å²) in [6.45, 7) is 10.6. The molecular weight excluding hydrogens is 286 g/mol. The Balaban J connectivity index is 1.61. The van der Waals surface area contributed by atoms with Crippen molar-refractivity contribution in [1.82, 2.24) is 10.6 Å². The fourth-order valence-corrected chi connectivity index (χ4v) is 4.18. The number of aliphatic imine (C=N–C) groups is 1. The van der Waals surface area contributed by atoms with E-state index in [9.17, 15) is 0 Å². The van der Waals surface area contributed by atoms with Crippen LogP contribution in [0.4, 0.5) is 0 Å². The minimum absolute atomic E-state index is 0.165. The molecule has 2 N–H and O–H groups in total. The maximum Gasteiger partial charge on any atom is 0.191 e. The summed E-state index contributed by atoms with van der Waals surface area (Å²) in [5.41, 5.74) is 4.10. The summed E-state index contributed by atoms with van der Waals surface area (Å²) in [5, 5.41) is 7.09. The molecule has 3 rings (SSSR count). The number of rotatable bonds is 3. The first-order valence-electron chi connectivity index (χ1n) is 8.58. The molecular formula is C19H29N3O. The first kappa shape index (κ1) is 16.3. The number of hydrogen-bond acceptors (Lipinski definition) is 2. The number of nitrogens with one attached hydrogen (secondary N) is 2. The molecule has 1 saturated carbocycles. The van der Waals surface area contributed by atoms with Gasteiger partial charge in [-0.25, -0.2) is 0 Å². The van der Waals surface area contributed by atoms with Crippen molar-refractivity contribution >= 4 is 5.96 Å². The van der Waals surface area contributed by atoms with Crippen molar-refractivity contribution in [3.05, 3.63) is 34.9 Å². The van der Waals surface area contributed by atoms with Crippen molar-refractivity contribution in [3.8, 4) is 0 Å². The largest absolute Gasteiger partial charge is 0.377 e. The lowest BCUT2D eigenvalue weighted by Crippen LogP contribution is -2.67. The molecule has 4 nitrogen and oxygen atoms in total. The van der Waals surface area contributed by atoms with Gasteiger partial charge in [0.05, 0.1) is 6.10 Å². The summed E-state index contributed by atoms with van der Waals surface area (Å²) in [4.78, 5) is 4.41. The molecule has 1 aliphatic heterocycles. The molecule has 23 heavy (non-hydrogen) atoms. The molecule has 0 amide bonds. The third-order valence-electron chi connectivity index (χ3n) is 5.56. The van der Waals surface area contributed by atoms with Crippen LogP contribution in [0.15, 0.2) is 23.2 Å². The van der Waals surface area contributed by atoms with Crippen LogP contribution in [-0.4, -0.2) is 31.8 Å². The van der Waals surface area contributed by atoms with E-state index in [1.54, 1.807) is 0 Å². The molecule has 126 valence electrons. The minimum atomic E-state index is 0.165. The number of ether oxygens (including phenoxy) is 1. The van der Waals surface area contributed by atoms with E-state index in [4.69, 9.17) is 4.74 Å². The van der Waals surface area contributed by atoms with E-state index in [0.717, 1.165) is 25.5 Å². The van der Waals surface area contributed by atoms with Gasteiger partial charge < -0.3 is 15.4 Å². The van der Waals surface area contributed by atoms with Crippen LogP contribution in [0.2, 0.25) is 0 Å². The highest BCUT2D eigenvalue weighted by Gasteiger charge is 2.59. The third-order valence-corrected chi connectivity index (χ3v) is 5.56. The van der Waals surface area contributed by atoms with Gasteiger partial charge in [0.25, 0.3) is 0 Å². The van der Waals surface area contributed by atoms with Gasteiger partial charge in [-0.2, -0.15) is 0 Å². The Morgan fingerprint density at radius 3 is 2.83 bits per heavy atom. The second-order valence-corrected chi connectivity index (χ2v) is 7.54. The minimum Gasteiger partial charge on any atom is -0.377 e. The fraction of sp³-hybridized carbons (Fsp3) is 0.632. The molecule has 1 aromatic carbocycles. The van der Waals surface area contributed by atoms with Gasteiger partial charge in [-0.05, 0) is 31.4 Å². The summed E-state index contributed by atoms with van der Waals surface area (Å²) in [6.07, 6.45) is 1.55. The first-order chi connectivity index (χ1) is 10.9. The van der Waals surface area contributed by atoms with E-state index in [1.807, 2.05) is 7.05 Å². The fourth-order valence-electron chi connectivity index (χ4n) is 4.18. The molecule has 0 aromatic heterocycles. The van der Waals surface area contributed by atoms with Crippen molar-refractivity contribution in [1.29, 1.82) is 0 Å². The van der Waals surface area contributed by atoms with Crippen LogP contribution >= 0.6 is 0 Å². The molecule has 3 atom stereocenters. The van der Waals surface area contributed by atoms with Gasteiger partial charge in [0.1, 0.15) is 0 Å². The van der Waals surface area contributed by atoms with Gasteiger partial charge in [0.2, 0.25) is 0 Å². The van der Waals surface area contributed by atoms with Crippen molar-refractivity contribution in [3.63, 3.8) is 0 Å². The van der Waals surface area contributed by atoms with Gasteiger partial charge in [0, 0.05) is 37.6 Å². The molecule has 0 spiro atoms. The van der Waals surface area contributed by atoms with Gasteiger partial charge in [-0.15, -0.1) is 0 Å². The van der Waals surface area contributed by atoms with E-state index in [0.29, 0.717) is 18.1 Å². The number of aryl methyl sites for hydroxylation is 2. The summed E-state index contributed by atoms with van der Waals surface area (Å²) >= 11 is 0. The lowest BCUT2D eigenvalue weighted by Gasteiger charge is -2.54. The molecule has 1 heterocycles. The van der Waals surface area contributed by atoms with E-state index in [2.05, 4.69) is 61.5 Å². The van der Waals surface area contributed by atoms with E-state index >= 15 is 0 Å². The van der Waals surface area contributed by atoms with Gasteiger partial charge in [-0.3, -0.25) is 4.99 Å². The van der Waals surface area contributed by atoms with Gasteiger partial charge in [0.15, 0.2) is 5.96 Å². The number of hydrogen-bond donors (Lipinski definition) is 2. The molecule has 1 saturated heterocycles. The zero-order valence-electron chi connectivity index (χ0n) is 14.9.